The first-order valence-electron chi connectivity index (χ1n) is 5.71. The zero-order valence-electron chi connectivity index (χ0n) is 10.6. The predicted molar refractivity (Wildman–Crippen MR) is 83.2 cm³/mol. The van der Waals surface area contributed by atoms with E-state index in [4.69, 9.17) is 11.6 Å². The van der Waals surface area contributed by atoms with Crippen LogP contribution in [0, 0.1) is 24.3 Å². The number of aromatic nitrogens is 2. The van der Waals surface area contributed by atoms with Crippen molar-refractivity contribution >= 4 is 34.2 Å². The van der Waals surface area contributed by atoms with Crippen molar-refractivity contribution in [2.75, 3.05) is 0 Å². The average molecular weight is 373 g/mol. The van der Waals surface area contributed by atoms with Gasteiger partial charge in [-0.1, -0.05) is 40.9 Å². The van der Waals surface area contributed by atoms with Gasteiger partial charge in [-0.2, -0.15) is 0 Å². The van der Waals surface area contributed by atoms with Crippen molar-refractivity contribution < 1.29 is 0 Å². The van der Waals surface area contributed by atoms with Gasteiger partial charge in [0, 0.05) is 6.42 Å². The molecule has 1 aromatic carbocycles. The molecule has 2 aromatic rings. The second kappa shape index (κ2) is 5.53. The van der Waals surface area contributed by atoms with E-state index in [9.17, 15) is 0 Å². The fourth-order valence-corrected chi connectivity index (χ4v) is 2.49. The molecule has 0 bridgehead atoms. The Morgan fingerprint density at radius 1 is 1.06 bits per heavy atom. The molecule has 0 radical (unpaired) electrons. The maximum Gasteiger partial charge on any atom is 0.146 e. The van der Waals surface area contributed by atoms with E-state index in [2.05, 4.69) is 64.6 Å². The van der Waals surface area contributed by atoms with E-state index >= 15 is 0 Å². The van der Waals surface area contributed by atoms with Gasteiger partial charge in [-0.3, -0.25) is 0 Å². The van der Waals surface area contributed by atoms with Gasteiger partial charge >= 0.3 is 0 Å². The fraction of sp³-hybridized carbons (Fsp3) is 0.286. The minimum atomic E-state index is 0.544. The van der Waals surface area contributed by atoms with Crippen molar-refractivity contribution in [3.63, 3.8) is 0 Å². The number of nitrogens with zero attached hydrogens (tertiary/aromatic N) is 2. The highest BCUT2D eigenvalue weighted by Gasteiger charge is 2.08. The van der Waals surface area contributed by atoms with Crippen LogP contribution < -0.4 is 0 Å². The van der Waals surface area contributed by atoms with Crippen LogP contribution in [0.15, 0.2) is 18.2 Å². The number of hydrogen-bond acceptors (Lipinski definition) is 2. The Labute approximate surface area is 126 Å². The molecule has 0 aliphatic heterocycles. The van der Waals surface area contributed by atoms with E-state index in [-0.39, 0.29) is 0 Å². The first-order chi connectivity index (χ1) is 8.45. The van der Waals surface area contributed by atoms with Gasteiger partial charge in [-0.25, -0.2) is 9.97 Å². The molecule has 18 heavy (non-hydrogen) atoms. The number of hydrogen-bond donors (Lipinski definition) is 0. The summed E-state index contributed by atoms with van der Waals surface area (Å²) in [4.78, 5) is 8.82. The van der Waals surface area contributed by atoms with Crippen LogP contribution in [0.3, 0.4) is 0 Å². The van der Waals surface area contributed by atoms with Crippen LogP contribution in [0.2, 0.25) is 5.15 Å². The molecule has 2 nitrogen and oxygen atoms in total. The second-order valence-electron chi connectivity index (χ2n) is 4.50. The van der Waals surface area contributed by atoms with Gasteiger partial charge in [-0.05, 0) is 48.9 Å². The molecule has 0 N–H and O–H groups in total. The van der Waals surface area contributed by atoms with E-state index in [1.165, 1.54) is 16.7 Å². The molecule has 1 heterocycles. The van der Waals surface area contributed by atoms with Gasteiger partial charge in [-0.15, -0.1) is 0 Å². The zero-order chi connectivity index (χ0) is 13.3. The third kappa shape index (κ3) is 3.20. The van der Waals surface area contributed by atoms with Crippen LogP contribution in [0.5, 0.6) is 0 Å². The van der Waals surface area contributed by atoms with Crippen LogP contribution >= 0.6 is 34.2 Å². The molecule has 0 aliphatic carbocycles. The Morgan fingerprint density at radius 3 is 2.22 bits per heavy atom. The van der Waals surface area contributed by atoms with Crippen LogP contribution in [0.25, 0.3) is 0 Å². The molecule has 0 saturated heterocycles. The molecular weight excluding hydrogens is 359 g/mol. The van der Waals surface area contributed by atoms with Crippen molar-refractivity contribution in [2.45, 2.75) is 27.2 Å². The highest BCUT2D eigenvalue weighted by Crippen LogP contribution is 2.20. The first kappa shape index (κ1) is 13.7. The molecule has 94 valence electrons. The summed E-state index contributed by atoms with van der Waals surface area (Å²) in [5, 5.41) is 0.544. The smallest absolute Gasteiger partial charge is 0.146 e. The third-order valence-corrected chi connectivity index (χ3v) is 4.55. The molecule has 1 aromatic heterocycles. The maximum absolute atomic E-state index is 6.09. The lowest BCUT2D eigenvalue weighted by Crippen LogP contribution is -2.02. The monoisotopic (exact) mass is 372 g/mol. The van der Waals surface area contributed by atoms with Gasteiger partial charge in [0.25, 0.3) is 0 Å². The van der Waals surface area contributed by atoms with Crippen molar-refractivity contribution in [1.29, 1.82) is 0 Å². The van der Waals surface area contributed by atoms with Crippen molar-refractivity contribution in [3.8, 4) is 0 Å². The van der Waals surface area contributed by atoms with Crippen molar-refractivity contribution in [1.82, 2.24) is 9.97 Å². The van der Waals surface area contributed by atoms with Gasteiger partial charge < -0.3 is 0 Å². The SMILES string of the molecule is Cc1cc(C)cc(Cc2nc(C)c(I)c(Cl)n2)c1. The average Bonchev–Trinajstić information content (AvgIpc) is 2.24. The van der Waals surface area contributed by atoms with Crippen molar-refractivity contribution in [3.05, 3.63) is 55.1 Å². The Morgan fingerprint density at radius 2 is 1.67 bits per heavy atom. The van der Waals surface area contributed by atoms with E-state index < -0.39 is 0 Å². The quantitative estimate of drug-likeness (QED) is 0.582. The maximum atomic E-state index is 6.09. The number of aryl methyl sites for hydroxylation is 3. The zero-order valence-corrected chi connectivity index (χ0v) is 13.5. The van der Waals surface area contributed by atoms with Crippen LogP contribution in [0.4, 0.5) is 0 Å². The van der Waals surface area contributed by atoms with E-state index in [1.807, 2.05) is 6.92 Å². The van der Waals surface area contributed by atoms with Crippen LogP contribution in [0.1, 0.15) is 28.2 Å². The predicted octanol–water partition coefficient (Wildman–Crippen LogP) is 4.25. The highest BCUT2D eigenvalue weighted by atomic mass is 127. The molecule has 0 amide bonds. The van der Waals surface area contributed by atoms with Gasteiger partial charge in [0.05, 0.1) is 9.26 Å². The molecule has 0 unspecified atom stereocenters. The molecule has 4 heteroatoms. The van der Waals surface area contributed by atoms with Gasteiger partial charge in [0.2, 0.25) is 0 Å². The largest absolute Gasteiger partial charge is 0.237 e. The summed E-state index contributed by atoms with van der Waals surface area (Å²) < 4.78 is 0.929. The van der Waals surface area contributed by atoms with E-state index in [0.717, 1.165) is 21.5 Å². The normalized spacial score (nSPS) is 10.7. The number of halogens is 2. The third-order valence-electron chi connectivity index (χ3n) is 2.67. The van der Waals surface area contributed by atoms with E-state index in [1.54, 1.807) is 0 Å². The summed E-state index contributed by atoms with van der Waals surface area (Å²) in [6, 6.07) is 6.49. The topological polar surface area (TPSA) is 25.8 Å². The Hall–Kier alpha value is -0.680. The lowest BCUT2D eigenvalue weighted by molar-refractivity contribution is 0.931. The summed E-state index contributed by atoms with van der Waals surface area (Å²) in [6.45, 7) is 6.16. The van der Waals surface area contributed by atoms with Crippen LogP contribution in [-0.2, 0) is 6.42 Å². The van der Waals surface area contributed by atoms with Gasteiger partial charge in [0.1, 0.15) is 11.0 Å². The number of rotatable bonds is 2. The molecule has 0 spiro atoms. The lowest BCUT2D eigenvalue weighted by atomic mass is 10.0. The Kier molecular flexibility index (Phi) is 4.22. The molecule has 0 atom stereocenters. The van der Waals surface area contributed by atoms with E-state index in [0.29, 0.717) is 5.15 Å². The summed E-state index contributed by atoms with van der Waals surface area (Å²) in [7, 11) is 0. The lowest BCUT2D eigenvalue weighted by Gasteiger charge is -2.07. The standard InChI is InChI=1S/C14H14ClIN2/c1-8-4-9(2)6-11(5-8)7-12-17-10(3)13(16)14(15)18-12/h4-6H,7H2,1-3H3. The van der Waals surface area contributed by atoms with Crippen LogP contribution in [-0.4, -0.2) is 9.97 Å². The molecule has 0 fully saturated rings. The number of benzene rings is 1. The summed E-state index contributed by atoms with van der Waals surface area (Å²) in [5.41, 5.74) is 4.69. The highest BCUT2D eigenvalue weighted by molar-refractivity contribution is 14.1. The minimum absolute atomic E-state index is 0.544. The summed E-state index contributed by atoms with van der Waals surface area (Å²) in [5.74, 6) is 0.780. The summed E-state index contributed by atoms with van der Waals surface area (Å²) >= 11 is 8.26. The Balaban J connectivity index is 2.34. The minimum Gasteiger partial charge on any atom is -0.237 e. The fourth-order valence-electron chi connectivity index (χ4n) is 2.01. The molecular formula is C14H14ClIN2. The summed E-state index contributed by atoms with van der Waals surface area (Å²) in [6.07, 6.45) is 0.722. The molecule has 0 aliphatic rings. The van der Waals surface area contributed by atoms with Crippen molar-refractivity contribution in [2.24, 2.45) is 0 Å². The second-order valence-corrected chi connectivity index (χ2v) is 5.94. The Bertz CT molecular complexity index is 553. The van der Waals surface area contributed by atoms with Gasteiger partial charge in [0.15, 0.2) is 0 Å². The molecule has 2 rings (SSSR count). The molecule has 0 saturated carbocycles. The first-order valence-corrected chi connectivity index (χ1v) is 7.17.